The lowest BCUT2D eigenvalue weighted by molar-refractivity contribution is 0.157. The highest BCUT2D eigenvalue weighted by molar-refractivity contribution is 7.92. The van der Waals surface area contributed by atoms with Crippen molar-refractivity contribution < 1.29 is 17.9 Å². The number of nitrogens with one attached hydrogen (secondary N) is 2. The first-order chi connectivity index (χ1) is 14.5. The van der Waals surface area contributed by atoms with Crippen molar-refractivity contribution in [3.63, 3.8) is 0 Å². The Hall–Kier alpha value is -1.90. The van der Waals surface area contributed by atoms with Crippen LogP contribution in [-0.2, 0) is 40.4 Å². The number of rotatable bonds is 5. The summed E-state index contributed by atoms with van der Waals surface area (Å²) in [5, 5.41) is 3.98. The molecule has 7 nitrogen and oxygen atoms in total. The molecule has 0 saturated carbocycles. The van der Waals surface area contributed by atoms with E-state index in [9.17, 15) is 13.2 Å². The van der Waals surface area contributed by atoms with Crippen molar-refractivity contribution in [1.29, 1.82) is 0 Å². The number of likely N-dealkylation sites (tertiary alicyclic amines) is 1. The molecular formula is C22H29N3O4S. The molecule has 2 saturated heterocycles. The van der Waals surface area contributed by atoms with E-state index in [0.717, 1.165) is 75.9 Å². The van der Waals surface area contributed by atoms with Gasteiger partial charge in [0.1, 0.15) is 0 Å². The summed E-state index contributed by atoms with van der Waals surface area (Å²) in [7, 11) is -3.83. The molecule has 2 unspecified atom stereocenters. The van der Waals surface area contributed by atoms with E-state index in [-0.39, 0.29) is 0 Å². The van der Waals surface area contributed by atoms with Crippen molar-refractivity contribution in [2.75, 3.05) is 38.2 Å². The number of carbonyl (C=O) groups excluding carboxylic acids is 1. The van der Waals surface area contributed by atoms with E-state index < -0.39 is 16.1 Å². The number of aryl methyl sites for hydroxylation is 2. The lowest BCUT2D eigenvalue weighted by Gasteiger charge is -2.16. The van der Waals surface area contributed by atoms with Crippen LogP contribution < -0.4 is 10.0 Å². The molecule has 0 bridgehead atoms. The maximum atomic E-state index is 12.5. The number of amides is 2. The first-order valence-corrected chi connectivity index (χ1v) is 12.5. The van der Waals surface area contributed by atoms with Crippen molar-refractivity contribution in [2.24, 2.45) is 11.8 Å². The van der Waals surface area contributed by atoms with Crippen LogP contribution in [0.3, 0.4) is 0 Å². The molecule has 2 aliphatic heterocycles. The number of nitrogens with zero attached hydrogens (tertiary/aromatic N) is 1. The molecule has 4 aliphatic rings. The number of hydrogen-bond donors (Lipinski definition) is 2. The second-order valence-corrected chi connectivity index (χ2v) is 10.5. The van der Waals surface area contributed by atoms with Crippen LogP contribution in [0.5, 0.6) is 0 Å². The van der Waals surface area contributed by atoms with E-state index in [1.165, 1.54) is 22.3 Å². The Kier molecular flexibility index (Phi) is 5.33. The zero-order valence-corrected chi connectivity index (χ0v) is 18.0. The highest BCUT2D eigenvalue weighted by Gasteiger charge is 2.36. The number of fused-ring (bicyclic) bond motifs is 3. The molecule has 5 rings (SSSR count). The van der Waals surface area contributed by atoms with E-state index in [4.69, 9.17) is 4.74 Å². The number of sulfonamides is 1. The number of urea groups is 1. The fourth-order valence-electron chi connectivity index (χ4n) is 5.52. The second kappa shape index (κ2) is 7.98. The van der Waals surface area contributed by atoms with Crippen LogP contribution >= 0.6 is 0 Å². The van der Waals surface area contributed by atoms with Gasteiger partial charge in [-0.3, -0.25) is 4.90 Å². The van der Waals surface area contributed by atoms with Crippen molar-refractivity contribution in [3.05, 3.63) is 39.8 Å². The molecule has 0 spiro atoms. The fraction of sp³-hybridized carbons (Fsp3) is 0.591. The Bertz CT molecular complexity index is 944. The van der Waals surface area contributed by atoms with Crippen LogP contribution in [0.2, 0.25) is 0 Å². The molecule has 1 aromatic rings. The number of hydrogen-bond acceptors (Lipinski definition) is 5. The van der Waals surface area contributed by atoms with E-state index in [1.54, 1.807) is 6.08 Å². The van der Waals surface area contributed by atoms with Crippen LogP contribution in [0.25, 0.3) is 0 Å². The van der Waals surface area contributed by atoms with Crippen LogP contribution in [0, 0.1) is 11.8 Å². The van der Waals surface area contributed by atoms with Gasteiger partial charge in [-0.15, -0.1) is 0 Å². The van der Waals surface area contributed by atoms with Gasteiger partial charge in [-0.2, -0.15) is 0 Å². The van der Waals surface area contributed by atoms with Gasteiger partial charge in [0.25, 0.3) is 10.0 Å². The lowest BCUT2D eigenvalue weighted by atomic mass is 9.99. The highest BCUT2D eigenvalue weighted by Crippen LogP contribution is 2.38. The third-order valence-electron chi connectivity index (χ3n) is 6.90. The third kappa shape index (κ3) is 4.00. The summed E-state index contributed by atoms with van der Waals surface area (Å²) in [6.07, 6.45) is 7.73. The molecule has 2 heterocycles. The molecular weight excluding hydrogens is 402 g/mol. The third-order valence-corrected chi connectivity index (χ3v) is 7.92. The second-order valence-electron chi connectivity index (χ2n) is 8.98. The Labute approximate surface area is 177 Å². The summed E-state index contributed by atoms with van der Waals surface area (Å²) in [5.41, 5.74) is 5.81. The van der Waals surface area contributed by atoms with E-state index in [0.29, 0.717) is 18.4 Å². The van der Waals surface area contributed by atoms with Gasteiger partial charge in [-0.05, 0) is 60.8 Å². The molecule has 0 aromatic heterocycles. The van der Waals surface area contributed by atoms with E-state index in [2.05, 4.69) is 21.0 Å². The molecule has 1 aromatic carbocycles. The standard InChI is InChI=1S/C22H29N3O4S/c26-22(23-21-19-6-1-4-15(19)10-16-5-2-7-20(16)21)24-30(27,28)9-3-8-25-11-17-13-29-14-18(17)12-25/h3,9-10,17-18H,1-2,4-8,11-14H2,(H2,23,24,26)/b9-3+. The van der Waals surface area contributed by atoms with Crippen molar-refractivity contribution in [3.8, 4) is 0 Å². The highest BCUT2D eigenvalue weighted by atomic mass is 32.2. The molecule has 2 N–H and O–H groups in total. The molecule has 2 fully saturated rings. The first-order valence-electron chi connectivity index (χ1n) is 11.0. The smallest absolute Gasteiger partial charge is 0.333 e. The summed E-state index contributed by atoms with van der Waals surface area (Å²) >= 11 is 0. The van der Waals surface area contributed by atoms with Crippen LogP contribution in [-0.4, -0.2) is 52.2 Å². The largest absolute Gasteiger partial charge is 0.381 e. The van der Waals surface area contributed by atoms with Gasteiger partial charge < -0.3 is 10.1 Å². The van der Waals surface area contributed by atoms with E-state index >= 15 is 0 Å². The Morgan fingerprint density at radius 1 is 1.07 bits per heavy atom. The van der Waals surface area contributed by atoms with Crippen LogP contribution in [0.4, 0.5) is 10.5 Å². The summed E-state index contributed by atoms with van der Waals surface area (Å²) in [6.45, 7) is 4.05. The molecule has 2 aliphatic carbocycles. The maximum absolute atomic E-state index is 12.5. The predicted octanol–water partition coefficient (Wildman–Crippen LogP) is 2.21. The van der Waals surface area contributed by atoms with Gasteiger partial charge >= 0.3 is 6.03 Å². The summed E-state index contributed by atoms with van der Waals surface area (Å²) in [4.78, 5) is 14.8. The molecule has 162 valence electrons. The number of anilines is 1. The number of ether oxygens (including phenoxy) is 1. The minimum Gasteiger partial charge on any atom is -0.381 e. The first kappa shape index (κ1) is 20.0. The minimum atomic E-state index is -3.83. The van der Waals surface area contributed by atoms with Gasteiger partial charge in [0.15, 0.2) is 0 Å². The van der Waals surface area contributed by atoms with Gasteiger partial charge in [0.05, 0.1) is 13.2 Å². The zero-order chi connectivity index (χ0) is 20.7. The maximum Gasteiger partial charge on any atom is 0.333 e. The molecule has 0 radical (unpaired) electrons. The minimum absolute atomic E-state index is 0.563. The van der Waals surface area contributed by atoms with Crippen molar-refractivity contribution in [1.82, 2.24) is 9.62 Å². The van der Waals surface area contributed by atoms with Gasteiger partial charge in [-0.1, -0.05) is 12.1 Å². The number of benzene rings is 1. The average molecular weight is 432 g/mol. The average Bonchev–Trinajstić information content (AvgIpc) is 3.44. The Morgan fingerprint density at radius 3 is 2.33 bits per heavy atom. The SMILES string of the molecule is O=C(Nc1c2c(cc3c1CCC3)CCC2)NS(=O)(=O)/C=C/CN1CC2COCC2C1. The summed E-state index contributed by atoms with van der Waals surface area (Å²) < 4.78 is 32.4. The fourth-order valence-corrected chi connectivity index (χ4v) is 6.24. The number of carbonyl (C=O) groups is 1. The molecule has 2 amide bonds. The molecule has 30 heavy (non-hydrogen) atoms. The van der Waals surface area contributed by atoms with Crippen LogP contribution in [0.1, 0.15) is 35.1 Å². The molecule has 8 heteroatoms. The zero-order valence-electron chi connectivity index (χ0n) is 17.2. The Morgan fingerprint density at radius 2 is 1.70 bits per heavy atom. The predicted molar refractivity (Wildman–Crippen MR) is 115 cm³/mol. The van der Waals surface area contributed by atoms with E-state index in [1.807, 2.05) is 0 Å². The monoisotopic (exact) mass is 431 g/mol. The van der Waals surface area contributed by atoms with Crippen molar-refractivity contribution in [2.45, 2.75) is 38.5 Å². The van der Waals surface area contributed by atoms with Gasteiger partial charge in [0.2, 0.25) is 0 Å². The van der Waals surface area contributed by atoms with Gasteiger partial charge in [-0.25, -0.2) is 17.9 Å². The topological polar surface area (TPSA) is 87.7 Å². The quantitative estimate of drug-likeness (QED) is 0.746. The summed E-state index contributed by atoms with van der Waals surface area (Å²) in [6, 6.07) is 1.60. The van der Waals surface area contributed by atoms with Gasteiger partial charge in [0, 0.05) is 42.6 Å². The van der Waals surface area contributed by atoms with Crippen LogP contribution in [0.15, 0.2) is 17.6 Å². The Balaban J connectivity index is 1.20. The molecule has 2 atom stereocenters. The summed E-state index contributed by atoms with van der Waals surface area (Å²) in [5.74, 6) is 1.13. The lowest BCUT2D eigenvalue weighted by Crippen LogP contribution is -2.34. The van der Waals surface area contributed by atoms with Crippen molar-refractivity contribution >= 4 is 21.7 Å². The normalized spacial score (nSPS) is 25.5.